The van der Waals surface area contributed by atoms with Gasteiger partial charge in [-0.05, 0) is 145 Å². The fourth-order valence-corrected chi connectivity index (χ4v) is 15.0. The van der Waals surface area contributed by atoms with Gasteiger partial charge < -0.3 is 5.11 Å². The number of carboxylic acid groups (broad SMARTS) is 1. The highest BCUT2D eigenvalue weighted by Crippen LogP contribution is 2.78. The molecule has 6 heteroatoms. The molecule has 7 rings (SSSR count). The van der Waals surface area contributed by atoms with Crippen molar-refractivity contribution in [1.29, 1.82) is 0 Å². The molecular formula is C43H61NO4S. The average molecular weight is 688 g/mol. The highest BCUT2D eigenvalue weighted by molar-refractivity contribution is 7.91. The van der Waals surface area contributed by atoms with Gasteiger partial charge in [-0.2, -0.15) is 0 Å². The van der Waals surface area contributed by atoms with E-state index in [1.807, 2.05) is 12.1 Å². The van der Waals surface area contributed by atoms with E-state index in [9.17, 15) is 18.3 Å². The van der Waals surface area contributed by atoms with Gasteiger partial charge in [-0.15, -0.1) is 0 Å². The fraction of sp³-hybridized carbons (Fsp3) is 0.698. The molecule has 1 heterocycles. The molecule has 0 radical (unpaired) electrons. The van der Waals surface area contributed by atoms with Crippen LogP contribution in [0.15, 0.2) is 54.6 Å². The van der Waals surface area contributed by atoms with Crippen LogP contribution in [0.4, 0.5) is 0 Å². The zero-order chi connectivity index (χ0) is 35.2. The van der Waals surface area contributed by atoms with Crippen LogP contribution in [0.1, 0.15) is 115 Å². The summed E-state index contributed by atoms with van der Waals surface area (Å²) in [4.78, 5) is 13.9. The van der Waals surface area contributed by atoms with E-state index in [0.717, 1.165) is 13.0 Å². The standard InChI is InChI=1S/C43H61NO4S/c1-29(2)32-15-21-43(18-8-24-44-25-27-49(47,48)28-26-44)23-22-41(6)34(37(32)43)13-14-36-40(5)19-16-33(30-9-11-31(12-10-30)38(45)46)39(3,4)35(40)17-20-42(36,41)7/h8-12,16,18,32,34-37H,1,13-15,17,19-28H2,2-7H3,(H,45,46)/b18-8+/t32-,34+,35-,36?,37+,40-,41+,42+,43+/m0/s1. The number of fused-ring (bicyclic) bond motifs is 7. The number of hydrogen-bond donors (Lipinski definition) is 1. The number of hydrogen-bond acceptors (Lipinski definition) is 4. The lowest BCUT2D eigenvalue weighted by Gasteiger charge is -2.72. The van der Waals surface area contributed by atoms with Gasteiger partial charge in [0, 0.05) is 19.6 Å². The second-order valence-electron chi connectivity index (χ2n) is 18.7. The SMILES string of the molecule is C=C(C)[C@@H]1CC[C@]2(/C=C/CN3CCS(=O)(=O)CC3)CC[C@]3(C)[C@H](CCC4[C@@]5(C)CC=C(c6ccc(C(=O)O)cc6)C(C)(C)[C@@H]5CC[C@]43C)[C@@H]12. The summed E-state index contributed by atoms with van der Waals surface area (Å²) >= 11 is 0. The third-order valence-corrected chi connectivity index (χ3v) is 18.0. The molecule has 1 aromatic rings. The van der Waals surface area contributed by atoms with Crippen molar-refractivity contribution in [2.75, 3.05) is 31.1 Å². The van der Waals surface area contributed by atoms with Crippen LogP contribution in [0.2, 0.25) is 0 Å². The predicted molar refractivity (Wildman–Crippen MR) is 200 cm³/mol. The Hall–Kier alpha value is -2.18. The van der Waals surface area contributed by atoms with Crippen LogP contribution >= 0.6 is 0 Å². The highest BCUT2D eigenvalue weighted by Gasteiger charge is 2.70. The van der Waals surface area contributed by atoms with Gasteiger partial charge in [-0.1, -0.05) is 77.1 Å². The number of benzene rings is 1. The Labute approximate surface area is 296 Å². The van der Waals surface area contributed by atoms with Gasteiger partial charge in [0.15, 0.2) is 9.84 Å². The van der Waals surface area contributed by atoms with E-state index in [2.05, 4.69) is 71.2 Å². The third kappa shape index (κ3) is 5.39. The van der Waals surface area contributed by atoms with E-state index in [1.54, 1.807) is 12.1 Å². The largest absolute Gasteiger partial charge is 0.478 e. The molecule has 1 aromatic carbocycles. The van der Waals surface area contributed by atoms with Crippen LogP contribution in [0.25, 0.3) is 5.57 Å². The van der Waals surface area contributed by atoms with Crippen molar-refractivity contribution >= 4 is 21.4 Å². The van der Waals surface area contributed by atoms with E-state index in [1.165, 1.54) is 68.1 Å². The summed E-state index contributed by atoms with van der Waals surface area (Å²) in [5.74, 6) is 2.87. The maximum atomic E-state index is 12.0. The number of aromatic carboxylic acids is 1. The minimum Gasteiger partial charge on any atom is -0.478 e. The second kappa shape index (κ2) is 11.9. The van der Waals surface area contributed by atoms with Crippen molar-refractivity contribution in [2.45, 2.75) is 99.3 Å². The molecular weight excluding hydrogens is 627 g/mol. The Morgan fingerprint density at radius 1 is 0.918 bits per heavy atom. The Kier molecular flexibility index (Phi) is 8.58. The molecule has 5 aliphatic carbocycles. The van der Waals surface area contributed by atoms with Crippen LogP contribution in [0.3, 0.4) is 0 Å². The van der Waals surface area contributed by atoms with Crippen molar-refractivity contribution in [3.05, 3.63) is 65.8 Å². The summed E-state index contributed by atoms with van der Waals surface area (Å²) in [6.45, 7) is 22.0. The minimum absolute atomic E-state index is 0.0123. The number of carbonyl (C=O) groups is 1. The zero-order valence-electron chi connectivity index (χ0n) is 31.1. The lowest BCUT2D eigenvalue weighted by atomic mass is 9.32. The number of nitrogens with zero attached hydrogens (tertiary/aromatic N) is 1. The maximum absolute atomic E-state index is 12.0. The Morgan fingerprint density at radius 2 is 1.61 bits per heavy atom. The molecule has 0 spiro atoms. The topological polar surface area (TPSA) is 74.7 Å². The molecule has 1 unspecified atom stereocenters. The smallest absolute Gasteiger partial charge is 0.335 e. The molecule has 49 heavy (non-hydrogen) atoms. The molecule has 1 saturated heterocycles. The first-order valence-electron chi connectivity index (χ1n) is 19.3. The predicted octanol–water partition coefficient (Wildman–Crippen LogP) is 9.32. The van der Waals surface area contributed by atoms with Gasteiger partial charge in [0.05, 0.1) is 17.1 Å². The minimum atomic E-state index is -2.86. The van der Waals surface area contributed by atoms with Crippen LogP contribution in [-0.2, 0) is 9.84 Å². The molecule has 0 aromatic heterocycles. The third-order valence-electron chi connectivity index (χ3n) is 16.4. The van der Waals surface area contributed by atoms with E-state index in [-0.39, 0.29) is 27.1 Å². The van der Waals surface area contributed by atoms with E-state index in [0.29, 0.717) is 59.7 Å². The molecule has 1 N–H and O–H groups in total. The highest BCUT2D eigenvalue weighted by atomic mass is 32.2. The Bertz CT molecular complexity index is 1660. The summed E-state index contributed by atoms with van der Waals surface area (Å²) in [6.07, 6.45) is 18.8. The van der Waals surface area contributed by atoms with Crippen molar-refractivity contribution in [1.82, 2.24) is 4.90 Å². The van der Waals surface area contributed by atoms with Crippen molar-refractivity contribution in [3.8, 4) is 0 Å². The lowest BCUT2D eigenvalue weighted by Crippen LogP contribution is -2.65. The normalized spacial score (nSPS) is 42.7. The molecule has 5 fully saturated rings. The Balaban J connectivity index is 1.17. The van der Waals surface area contributed by atoms with E-state index < -0.39 is 15.8 Å². The molecule has 4 saturated carbocycles. The van der Waals surface area contributed by atoms with E-state index >= 15 is 0 Å². The van der Waals surface area contributed by atoms with Crippen LogP contribution in [-0.4, -0.2) is 55.5 Å². The summed E-state index contributed by atoms with van der Waals surface area (Å²) in [7, 11) is -2.86. The van der Waals surface area contributed by atoms with Gasteiger partial charge in [0.25, 0.3) is 0 Å². The van der Waals surface area contributed by atoms with Crippen molar-refractivity contribution in [3.63, 3.8) is 0 Å². The Morgan fingerprint density at radius 3 is 2.27 bits per heavy atom. The average Bonchev–Trinajstić information content (AvgIpc) is 3.42. The van der Waals surface area contributed by atoms with Crippen LogP contribution in [0, 0.1) is 56.7 Å². The van der Waals surface area contributed by atoms with Crippen LogP contribution < -0.4 is 0 Å². The maximum Gasteiger partial charge on any atom is 0.335 e. The van der Waals surface area contributed by atoms with Crippen molar-refractivity contribution < 1.29 is 18.3 Å². The number of sulfone groups is 1. The van der Waals surface area contributed by atoms with Gasteiger partial charge in [0.2, 0.25) is 0 Å². The van der Waals surface area contributed by atoms with Crippen molar-refractivity contribution in [2.24, 2.45) is 56.7 Å². The van der Waals surface area contributed by atoms with Crippen LogP contribution in [0.5, 0.6) is 0 Å². The summed E-state index contributed by atoms with van der Waals surface area (Å²) < 4.78 is 24.0. The quantitative estimate of drug-likeness (QED) is 0.302. The molecule has 0 amide bonds. The second-order valence-corrected chi connectivity index (χ2v) is 21.0. The molecule has 268 valence electrons. The van der Waals surface area contributed by atoms with Gasteiger partial charge in [0.1, 0.15) is 0 Å². The first kappa shape index (κ1) is 35.2. The van der Waals surface area contributed by atoms with E-state index in [4.69, 9.17) is 0 Å². The molecule has 0 bridgehead atoms. The molecule has 1 aliphatic heterocycles. The molecule has 5 nitrogen and oxygen atoms in total. The summed E-state index contributed by atoms with van der Waals surface area (Å²) in [5, 5.41) is 9.48. The number of carboxylic acids is 1. The first-order chi connectivity index (χ1) is 23.0. The fourth-order valence-electron chi connectivity index (χ4n) is 13.7. The number of allylic oxidation sites excluding steroid dienone is 4. The van der Waals surface area contributed by atoms with Gasteiger partial charge in [-0.25, -0.2) is 13.2 Å². The summed E-state index contributed by atoms with van der Waals surface area (Å²) in [6, 6.07) is 7.58. The van der Waals surface area contributed by atoms with Gasteiger partial charge in [-0.3, -0.25) is 4.90 Å². The molecule has 9 atom stereocenters. The first-order valence-corrected chi connectivity index (χ1v) is 21.1. The number of rotatable bonds is 6. The lowest BCUT2D eigenvalue weighted by molar-refractivity contribution is -0.221. The van der Waals surface area contributed by atoms with Gasteiger partial charge >= 0.3 is 5.97 Å². The summed E-state index contributed by atoms with van der Waals surface area (Å²) in [5.41, 5.74) is 5.32. The molecule has 6 aliphatic rings. The monoisotopic (exact) mass is 687 g/mol. The zero-order valence-corrected chi connectivity index (χ0v) is 31.9.